The van der Waals surface area contributed by atoms with Crippen molar-refractivity contribution in [3.8, 4) is 5.75 Å². The molecule has 1 saturated heterocycles. The summed E-state index contributed by atoms with van der Waals surface area (Å²) in [5.41, 5.74) is 5.67. The van der Waals surface area contributed by atoms with Crippen molar-refractivity contribution in [2.45, 2.75) is 44.5 Å². The largest absolute Gasteiger partial charge is 0.466 e. The Kier molecular flexibility index (Phi) is 5.16. The highest BCUT2D eigenvalue weighted by Gasteiger charge is 2.51. The van der Waals surface area contributed by atoms with E-state index in [1.54, 1.807) is 0 Å². The minimum absolute atomic E-state index is 0.157. The maximum atomic E-state index is 6.76. The normalized spacial score (nSPS) is 21.3. The van der Waals surface area contributed by atoms with Crippen LogP contribution in [-0.4, -0.2) is 34.4 Å². The lowest BCUT2D eigenvalue weighted by Gasteiger charge is -2.51. The molecule has 0 aromatic heterocycles. The summed E-state index contributed by atoms with van der Waals surface area (Å²) < 4.78 is 6.76. The summed E-state index contributed by atoms with van der Waals surface area (Å²) in [5, 5.41) is 8.20. The first-order chi connectivity index (χ1) is 16.1. The average Bonchev–Trinajstić information content (AvgIpc) is 3.29. The van der Waals surface area contributed by atoms with Crippen molar-refractivity contribution < 1.29 is 4.74 Å². The first kappa shape index (κ1) is 20.8. The fourth-order valence-corrected chi connectivity index (χ4v) is 5.59. The molecule has 1 atom stereocenters. The summed E-state index contributed by atoms with van der Waals surface area (Å²) in [7, 11) is 0. The smallest absolute Gasteiger partial charge is 0.200 e. The van der Waals surface area contributed by atoms with Crippen molar-refractivity contribution in [2.24, 2.45) is 5.10 Å². The maximum Gasteiger partial charge on any atom is 0.200 e. The molecular formula is C28H28ClN3O. The van der Waals surface area contributed by atoms with Gasteiger partial charge in [0.15, 0.2) is 0 Å². The van der Waals surface area contributed by atoms with Crippen molar-refractivity contribution in [3.63, 3.8) is 0 Å². The molecule has 168 valence electrons. The second-order valence-electron chi connectivity index (χ2n) is 9.47. The van der Waals surface area contributed by atoms with E-state index in [0.29, 0.717) is 0 Å². The Morgan fingerprint density at radius 3 is 2.52 bits per heavy atom. The van der Waals surface area contributed by atoms with E-state index in [1.165, 1.54) is 16.7 Å². The molecule has 0 bridgehead atoms. The van der Waals surface area contributed by atoms with Gasteiger partial charge >= 0.3 is 0 Å². The third kappa shape index (κ3) is 3.81. The average molecular weight is 458 g/mol. The number of hydrogen-bond acceptors (Lipinski definition) is 4. The zero-order chi connectivity index (χ0) is 22.4. The Bertz CT molecular complexity index is 1180. The molecule has 3 aromatic rings. The molecule has 1 fully saturated rings. The van der Waals surface area contributed by atoms with Gasteiger partial charge < -0.3 is 4.74 Å². The highest BCUT2D eigenvalue weighted by atomic mass is 35.5. The van der Waals surface area contributed by atoms with Gasteiger partial charge in [0.05, 0.1) is 11.8 Å². The molecule has 0 N–H and O–H groups in total. The van der Waals surface area contributed by atoms with E-state index in [0.717, 1.165) is 60.9 Å². The summed E-state index contributed by atoms with van der Waals surface area (Å²) in [4.78, 5) is 2.52. The molecule has 1 spiro atoms. The fraction of sp³-hybridized carbons (Fsp3) is 0.321. The topological polar surface area (TPSA) is 28.1 Å². The molecule has 0 saturated carbocycles. The number of halogens is 1. The van der Waals surface area contributed by atoms with Crippen LogP contribution in [0.4, 0.5) is 0 Å². The molecule has 3 aliphatic heterocycles. The number of piperidine rings is 1. The van der Waals surface area contributed by atoms with Crippen LogP contribution >= 0.6 is 11.6 Å². The van der Waals surface area contributed by atoms with Gasteiger partial charge in [0.1, 0.15) is 5.75 Å². The van der Waals surface area contributed by atoms with Crippen LogP contribution in [0.3, 0.4) is 0 Å². The van der Waals surface area contributed by atoms with Crippen LogP contribution in [0.25, 0.3) is 0 Å². The van der Waals surface area contributed by atoms with E-state index in [4.69, 9.17) is 21.4 Å². The number of rotatable bonds is 3. The quantitative estimate of drug-likeness (QED) is 0.469. The SMILES string of the molecule is Cc1ccc(C2=NN3[C@H](C2)c2cc(Cl)ccc2OC32CCN(Cc3ccccc3)CC2)cc1. The van der Waals surface area contributed by atoms with Gasteiger partial charge in [0.25, 0.3) is 0 Å². The molecule has 0 amide bonds. The minimum Gasteiger partial charge on any atom is -0.466 e. The molecule has 5 heteroatoms. The van der Waals surface area contributed by atoms with Crippen LogP contribution in [0.2, 0.25) is 5.02 Å². The van der Waals surface area contributed by atoms with Crippen LogP contribution in [0, 0.1) is 6.92 Å². The van der Waals surface area contributed by atoms with Crippen LogP contribution < -0.4 is 4.74 Å². The van der Waals surface area contributed by atoms with Crippen molar-refractivity contribution in [2.75, 3.05) is 13.1 Å². The van der Waals surface area contributed by atoms with E-state index in [-0.39, 0.29) is 6.04 Å². The molecule has 0 aliphatic carbocycles. The van der Waals surface area contributed by atoms with E-state index in [2.05, 4.69) is 77.5 Å². The van der Waals surface area contributed by atoms with Crippen LogP contribution in [0.15, 0.2) is 77.9 Å². The number of aryl methyl sites for hydroxylation is 1. The Morgan fingerprint density at radius 1 is 1.00 bits per heavy atom. The lowest BCUT2D eigenvalue weighted by molar-refractivity contribution is -0.150. The minimum atomic E-state index is -0.412. The van der Waals surface area contributed by atoms with E-state index in [9.17, 15) is 0 Å². The van der Waals surface area contributed by atoms with Crippen LogP contribution in [-0.2, 0) is 6.54 Å². The van der Waals surface area contributed by atoms with E-state index >= 15 is 0 Å². The molecule has 6 rings (SSSR count). The number of fused-ring (bicyclic) bond motifs is 4. The molecule has 33 heavy (non-hydrogen) atoms. The predicted molar refractivity (Wildman–Crippen MR) is 133 cm³/mol. The molecule has 3 aliphatic rings. The predicted octanol–water partition coefficient (Wildman–Crippen LogP) is 6.18. The number of nitrogens with zero attached hydrogens (tertiary/aromatic N) is 3. The lowest BCUT2D eigenvalue weighted by Crippen LogP contribution is -2.59. The zero-order valence-electron chi connectivity index (χ0n) is 18.9. The highest BCUT2D eigenvalue weighted by molar-refractivity contribution is 6.30. The monoisotopic (exact) mass is 457 g/mol. The Hall–Kier alpha value is -2.82. The molecular weight excluding hydrogens is 430 g/mol. The third-order valence-electron chi connectivity index (χ3n) is 7.23. The summed E-state index contributed by atoms with van der Waals surface area (Å²) in [6.45, 7) is 5.06. The van der Waals surface area contributed by atoms with Crippen molar-refractivity contribution in [1.82, 2.24) is 9.91 Å². The van der Waals surface area contributed by atoms with E-state index < -0.39 is 5.72 Å². The van der Waals surface area contributed by atoms with E-state index in [1.807, 2.05) is 12.1 Å². The summed E-state index contributed by atoms with van der Waals surface area (Å²) in [5.74, 6) is 0.956. The fourth-order valence-electron chi connectivity index (χ4n) is 5.41. The van der Waals surface area contributed by atoms with Gasteiger partial charge in [-0.25, -0.2) is 5.01 Å². The van der Waals surface area contributed by atoms with Gasteiger partial charge in [-0.3, -0.25) is 4.90 Å². The van der Waals surface area contributed by atoms with Crippen LogP contribution in [0.1, 0.15) is 47.6 Å². The van der Waals surface area contributed by atoms with Gasteiger partial charge in [-0.15, -0.1) is 0 Å². The van der Waals surface area contributed by atoms with Gasteiger partial charge in [0.2, 0.25) is 5.72 Å². The number of benzene rings is 3. The Morgan fingerprint density at radius 2 is 1.76 bits per heavy atom. The summed E-state index contributed by atoms with van der Waals surface area (Å²) in [6.07, 6.45) is 2.71. The lowest BCUT2D eigenvalue weighted by atomic mass is 9.90. The summed E-state index contributed by atoms with van der Waals surface area (Å²) >= 11 is 6.39. The Balaban J connectivity index is 1.31. The number of hydrogen-bond donors (Lipinski definition) is 0. The van der Waals surface area contributed by atoms with Gasteiger partial charge in [0, 0.05) is 49.5 Å². The maximum absolute atomic E-state index is 6.76. The van der Waals surface area contributed by atoms with Crippen LogP contribution in [0.5, 0.6) is 5.75 Å². The first-order valence-electron chi connectivity index (χ1n) is 11.8. The zero-order valence-corrected chi connectivity index (χ0v) is 19.6. The number of likely N-dealkylation sites (tertiary alicyclic amines) is 1. The molecule has 0 radical (unpaired) electrons. The highest BCUT2D eigenvalue weighted by Crippen LogP contribution is 2.50. The number of hydrazone groups is 1. The number of ether oxygens (including phenoxy) is 1. The third-order valence-corrected chi connectivity index (χ3v) is 7.46. The first-order valence-corrected chi connectivity index (χ1v) is 12.2. The van der Waals surface area contributed by atoms with Gasteiger partial charge in [-0.05, 0) is 36.2 Å². The van der Waals surface area contributed by atoms with Crippen molar-refractivity contribution in [1.29, 1.82) is 0 Å². The molecule has 3 heterocycles. The Labute approximate surface area is 200 Å². The van der Waals surface area contributed by atoms with Gasteiger partial charge in [-0.2, -0.15) is 5.10 Å². The molecule has 3 aromatic carbocycles. The second kappa shape index (κ2) is 8.19. The molecule has 4 nitrogen and oxygen atoms in total. The van der Waals surface area contributed by atoms with Crippen molar-refractivity contribution >= 4 is 17.3 Å². The van der Waals surface area contributed by atoms with Crippen molar-refractivity contribution in [3.05, 3.63) is 100 Å². The second-order valence-corrected chi connectivity index (χ2v) is 9.91. The summed E-state index contributed by atoms with van der Waals surface area (Å²) in [6, 6.07) is 25.6. The molecule has 0 unspecified atom stereocenters. The standard InChI is InChI=1S/C28H28ClN3O/c1-20-7-9-22(10-8-20)25-18-26-24-17-23(29)11-12-27(24)33-28(32(26)30-25)13-15-31(16-14-28)19-21-5-3-2-4-6-21/h2-12,17,26H,13-16,18-19H2,1H3/t26-/m1/s1. The van der Waals surface area contributed by atoms with Gasteiger partial charge in [-0.1, -0.05) is 71.8 Å².